The van der Waals surface area contributed by atoms with Gasteiger partial charge in [0, 0.05) is 29.2 Å². The molecule has 0 radical (unpaired) electrons. The summed E-state index contributed by atoms with van der Waals surface area (Å²) in [5.74, 6) is 0.235. The molecule has 0 fully saturated rings. The van der Waals surface area contributed by atoms with Crippen LogP contribution in [0.3, 0.4) is 0 Å². The molecule has 0 saturated heterocycles. The average molecular weight is 271 g/mol. The van der Waals surface area contributed by atoms with Gasteiger partial charge in [-0.25, -0.2) is 0 Å². The lowest BCUT2D eigenvalue weighted by Gasteiger charge is -2.00. The number of ketones is 1. The van der Waals surface area contributed by atoms with Crippen LogP contribution < -0.4 is 5.73 Å². The minimum atomic E-state index is 0.235. The highest BCUT2D eigenvalue weighted by atomic mass is 79.9. The normalized spacial score (nSPS) is 10.3. The first-order chi connectivity index (χ1) is 7.22. The van der Waals surface area contributed by atoms with Crippen molar-refractivity contribution in [3.63, 3.8) is 0 Å². The Morgan fingerprint density at radius 3 is 2.80 bits per heavy atom. The van der Waals surface area contributed by atoms with Crippen LogP contribution in [0.25, 0.3) is 0 Å². The van der Waals surface area contributed by atoms with E-state index >= 15 is 0 Å². The van der Waals surface area contributed by atoms with E-state index < -0.39 is 0 Å². The lowest BCUT2D eigenvalue weighted by molar-refractivity contribution is -0.118. The van der Waals surface area contributed by atoms with Crippen molar-refractivity contribution in [3.8, 4) is 0 Å². The second-order valence-electron chi connectivity index (χ2n) is 3.43. The first-order valence-corrected chi connectivity index (χ1v) is 5.84. The lowest BCUT2D eigenvalue weighted by atomic mass is 10.1. The van der Waals surface area contributed by atoms with Crippen molar-refractivity contribution in [2.75, 3.05) is 6.54 Å². The molecule has 0 aromatic carbocycles. The third kappa shape index (κ3) is 5.04. The van der Waals surface area contributed by atoms with Crippen LogP contribution in [0.2, 0.25) is 0 Å². The highest BCUT2D eigenvalue weighted by Crippen LogP contribution is 2.08. The molecule has 0 bridgehead atoms. The van der Waals surface area contributed by atoms with Crippen molar-refractivity contribution in [2.24, 2.45) is 5.73 Å². The van der Waals surface area contributed by atoms with Crippen molar-refractivity contribution in [1.29, 1.82) is 0 Å². The number of unbranched alkanes of at least 4 members (excludes halogenated alkanes) is 1. The summed E-state index contributed by atoms with van der Waals surface area (Å²) in [6.45, 7) is 0.657. The standard InChI is InChI=1S/C11H15BrN2O/c12-9-4-5-10(14-8-9)7-11(15)3-1-2-6-13/h4-5,8H,1-3,6-7,13H2. The number of halogens is 1. The number of aromatic nitrogens is 1. The van der Waals surface area contributed by atoms with Crippen molar-refractivity contribution in [2.45, 2.75) is 25.7 Å². The van der Waals surface area contributed by atoms with E-state index in [1.165, 1.54) is 0 Å². The third-order valence-electron chi connectivity index (χ3n) is 2.08. The van der Waals surface area contributed by atoms with E-state index in [1.54, 1.807) is 6.20 Å². The van der Waals surface area contributed by atoms with Crippen molar-refractivity contribution < 1.29 is 4.79 Å². The average Bonchev–Trinajstić information content (AvgIpc) is 2.22. The summed E-state index contributed by atoms with van der Waals surface area (Å²) >= 11 is 3.30. The number of hydrogen-bond acceptors (Lipinski definition) is 3. The Balaban J connectivity index is 2.34. The monoisotopic (exact) mass is 270 g/mol. The molecule has 4 heteroatoms. The van der Waals surface area contributed by atoms with Crippen LogP contribution in [0.15, 0.2) is 22.8 Å². The molecule has 1 aromatic rings. The zero-order valence-electron chi connectivity index (χ0n) is 8.58. The Hall–Kier alpha value is -0.740. The van der Waals surface area contributed by atoms with Gasteiger partial charge in [0.2, 0.25) is 0 Å². The van der Waals surface area contributed by atoms with E-state index in [0.29, 0.717) is 19.4 Å². The maximum absolute atomic E-state index is 11.5. The van der Waals surface area contributed by atoms with E-state index in [0.717, 1.165) is 23.0 Å². The number of pyridine rings is 1. The van der Waals surface area contributed by atoms with Gasteiger partial charge in [0.1, 0.15) is 5.78 Å². The second-order valence-corrected chi connectivity index (χ2v) is 4.34. The molecule has 2 N–H and O–H groups in total. The summed E-state index contributed by atoms with van der Waals surface area (Å²) in [4.78, 5) is 15.6. The van der Waals surface area contributed by atoms with Gasteiger partial charge in [0.15, 0.2) is 0 Å². The molecule has 0 saturated carbocycles. The number of rotatable bonds is 6. The predicted octanol–water partition coefficient (Wildman–Crippen LogP) is 2.08. The fraction of sp³-hybridized carbons (Fsp3) is 0.455. The molecule has 0 aliphatic rings. The van der Waals surface area contributed by atoms with E-state index in [9.17, 15) is 4.79 Å². The molecule has 15 heavy (non-hydrogen) atoms. The maximum atomic E-state index is 11.5. The Bertz CT molecular complexity index is 311. The fourth-order valence-corrected chi connectivity index (χ4v) is 1.50. The summed E-state index contributed by atoms with van der Waals surface area (Å²) in [6.07, 6.45) is 4.54. The zero-order valence-corrected chi connectivity index (χ0v) is 10.2. The van der Waals surface area contributed by atoms with Crippen LogP contribution in [0.4, 0.5) is 0 Å². The third-order valence-corrected chi connectivity index (χ3v) is 2.55. The lowest BCUT2D eigenvalue weighted by Crippen LogP contribution is -2.06. The van der Waals surface area contributed by atoms with Gasteiger partial charge in [0.05, 0.1) is 0 Å². The number of nitrogens with zero attached hydrogens (tertiary/aromatic N) is 1. The van der Waals surface area contributed by atoms with Gasteiger partial charge >= 0.3 is 0 Å². The van der Waals surface area contributed by atoms with Gasteiger partial charge in [-0.15, -0.1) is 0 Å². The van der Waals surface area contributed by atoms with Gasteiger partial charge in [-0.1, -0.05) is 0 Å². The Morgan fingerprint density at radius 1 is 1.40 bits per heavy atom. The highest BCUT2D eigenvalue weighted by Gasteiger charge is 2.04. The predicted molar refractivity (Wildman–Crippen MR) is 63.6 cm³/mol. The molecular weight excluding hydrogens is 256 g/mol. The number of Topliss-reactive ketones (excluding diaryl/α,β-unsaturated/α-hetero) is 1. The number of carbonyl (C=O) groups is 1. The fourth-order valence-electron chi connectivity index (χ4n) is 1.27. The quantitative estimate of drug-likeness (QED) is 0.806. The van der Waals surface area contributed by atoms with E-state index in [-0.39, 0.29) is 5.78 Å². The van der Waals surface area contributed by atoms with Gasteiger partial charge < -0.3 is 5.73 Å². The molecule has 0 aliphatic carbocycles. The molecule has 3 nitrogen and oxygen atoms in total. The first-order valence-electron chi connectivity index (χ1n) is 5.04. The van der Waals surface area contributed by atoms with Gasteiger partial charge in [-0.3, -0.25) is 9.78 Å². The highest BCUT2D eigenvalue weighted by molar-refractivity contribution is 9.10. The van der Waals surface area contributed by atoms with E-state index in [1.807, 2.05) is 12.1 Å². The Morgan fingerprint density at radius 2 is 2.20 bits per heavy atom. The summed E-state index contributed by atoms with van der Waals surface area (Å²) in [5.41, 5.74) is 6.18. The minimum Gasteiger partial charge on any atom is -0.330 e. The summed E-state index contributed by atoms with van der Waals surface area (Å²) in [6, 6.07) is 3.76. The number of carbonyl (C=O) groups excluding carboxylic acids is 1. The smallest absolute Gasteiger partial charge is 0.138 e. The maximum Gasteiger partial charge on any atom is 0.138 e. The molecule has 0 spiro atoms. The first kappa shape index (κ1) is 12.3. The molecule has 0 aliphatic heterocycles. The molecule has 1 rings (SSSR count). The largest absolute Gasteiger partial charge is 0.330 e. The van der Waals surface area contributed by atoms with Crippen LogP contribution in [-0.2, 0) is 11.2 Å². The summed E-state index contributed by atoms with van der Waals surface area (Å²) < 4.78 is 0.932. The van der Waals surface area contributed by atoms with Gasteiger partial charge in [-0.05, 0) is 47.4 Å². The Kier molecular flexibility index (Phi) is 5.50. The molecule has 0 amide bonds. The van der Waals surface area contributed by atoms with Crippen LogP contribution in [0, 0.1) is 0 Å². The van der Waals surface area contributed by atoms with Crippen molar-refractivity contribution in [1.82, 2.24) is 4.98 Å². The summed E-state index contributed by atoms with van der Waals surface area (Å²) in [7, 11) is 0. The number of nitrogens with two attached hydrogens (primary N) is 1. The molecule has 1 heterocycles. The van der Waals surface area contributed by atoms with Crippen LogP contribution in [-0.4, -0.2) is 17.3 Å². The Labute approximate surface area is 98.2 Å². The van der Waals surface area contributed by atoms with E-state index in [2.05, 4.69) is 20.9 Å². The van der Waals surface area contributed by atoms with Crippen LogP contribution in [0.5, 0.6) is 0 Å². The minimum absolute atomic E-state index is 0.235. The van der Waals surface area contributed by atoms with Crippen molar-refractivity contribution >= 4 is 21.7 Å². The summed E-state index contributed by atoms with van der Waals surface area (Å²) in [5, 5.41) is 0. The van der Waals surface area contributed by atoms with Gasteiger partial charge in [-0.2, -0.15) is 0 Å². The molecule has 1 aromatic heterocycles. The van der Waals surface area contributed by atoms with Crippen LogP contribution in [0.1, 0.15) is 25.0 Å². The molecule has 0 atom stereocenters. The van der Waals surface area contributed by atoms with E-state index in [4.69, 9.17) is 5.73 Å². The molecule has 0 unspecified atom stereocenters. The number of hydrogen-bond donors (Lipinski definition) is 1. The second kappa shape index (κ2) is 6.69. The molecular formula is C11H15BrN2O. The van der Waals surface area contributed by atoms with Gasteiger partial charge in [0.25, 0.3) is 0 Å². The SMILES string of the molecule is NCCCCC(=O)Cc1ccc(Br)cn1. The zero-order chi connectivity index (χ0) is 11.1. The topological polar surface area (TPSA) is 56.0 Å². The molecule has 82 valence electrons. The van der Waals surface area contributed by atoms with Crippen molar-refractivity contribution in [3.05, 3.63) is 28.5 Å². The van der Waals surface area contributed by atoms with Crippen LogP contribution >= 0.6 is 15.9 Å².